The van der Waals surface area contributed by atoms with E-state index in [0.29, 0.717) is 37.1 Å². The van der Waals surface area contributed by atoms with Crippen LogP contribution in [0, 0.1) is 0 Å². The van der Waals surface area contributed by atoms with Crippen molar-refractivity contribution in [1.29, 1.82) is 0 Å². The molecule has 3 fully saturated rings. The van der Waals surface area contributed by atoms with Crippen molar-refractivity contribution in [1.82, 2.24) is 14.7 Å². The van der Waals surface area contributed by atoms with E-state index in [-0.39, 0.29) is 17.7 Å². The van der Waals surface area contributed by atoms with Gasteiger partial charge >= 0.3 is 0 Å². The Balaban J connectivity index is 1.46. The molecule has 30 heavy (non-hydrogen) atoms. The van der Waals surface area contributed by atoms with Crippen LogP contribution in [0.15, 0.2) is 24.3 Å². The van der Waals surface area contributed by atoms with E-state index in [0.717, 1.165) is 38.8 Å². The van der Waals surface area contributed by atoms with Gasteiger partial charge in [-0.25, -0.2) is 0 Å². The Kier molecular flexibility index (Phi) is 5.74. The van der Waals surface area contributed by atoms with Crippen molar-refractivity contribution in [3.8, 4) is 0 Å². The van der Waals surface area contributed by atoms with Gasteiger partial charge in [-0.15, -0.1) is 0 Å². The Bertz CT molecular complexity index is 847. The van der Waals surface area contributed by atoms with Crippen molar-refractivity contribution in [2.24, 2.45) is 5.73 Å². The Morgan fingerprint density at radius 1 is 0.700 bits per heavy atom. The number of nitrogens with zero attached hydrogens (tertiary/aromatic N) is 3. The minimum absolute atomic E-state index is 0.00717. The van der Waals surface area contributed by atoms with Gasteiger partial charge in [0.05, 0.1) is 0 Å². The van der Waals surface area contributed by atoms with E-state index in [1.807, 2.05) is 4.90 Å². The molecule has 8 heteroatoms. The number of benzene rings is 1. The Labute approximate surface area is 176 Å². The summed E-state index contributed by atoms with van der Waals surface area (Å²) in [5.41, 5.74) is 6.48. The first-order valence-electron chi connectivity index (χ1n) is 10.8. The van der Waals surface area contributed by atoms with Crippen LogP contribution in [0.25, 0.3) is 0 Å². The summed E-state index contributed by atoms with van der Waals surface area (Å²) in [4.78, 5) is 55.3. The SMILES string of the molecule is NC(=O)[C@@H]1CCCN1C(=O)[C@@H]1CCCN1C(=O)c1ccc(C(=O)N2CCCC2)cc1. The summed E-state index contributed by atoms with van der Waals surface area (Å²) < 4.78 is 0. The minimum atomic E-state index is -0.578. The summed E-state index contributed by atoms with van der Waals surface area (Å²) in [6, 6.07) is 5.55. The molecular formula is C22H28N4O4. The molecule has 0 saturated carbocycles. The number of primary amides is 1. The Hall–Kier alpha value is -2.90. The van der Waals surface area contributed by atoms with Crippen LogP contribution in [0.2, 0.25) is 0 Å². The second kappa shape index (κ2) is 8.45. The standard InChI is InChI=1S/C22H28N4O4/c23-19(27)17-5-3-13-25(17)22(30)18-6-4-14-26(18)21(29)16-9-7-15(8-10-16)20(28)24-11-1-2-12-24/h7-10,17-18H,1-6,11-14H2,(H2,23,27)/t17-,18-/m0/s1. The van der Waals surface area contributed by atoms with Gasteiger partial charge < -0.3 is 20.4 Å². The third-order valence-electron chi connectivity index (χ3n) is 6.44. The predicted octanol–water partition coefficient (Wildman–Crippen LogP) is 1.00. The summed E-state index contributed by atoms with van der Waals surface area (Å²) in [5.74, 6) is -0.911. The number of hydrogen-bond acceptors (Lipinski definition) is 4. The van der Waals surface area contributed by atoms with Crippen LogP contribution in [0.5, 0.6) is 0 Å². The lowest BCUT2D eigenvalue weighted by Crippen LogP contribution is -2.52. The quantitative estimate of drug-likeness (QED) is 0.797. The Morgan fingerprint density at radius 2 is 1.23 bits per heavy atom. The average Bonchev–Trinajstić information content (AvgIpc) is 3.53. The average molecular weight is 412 g/mol. The summed E-state index contributed by atoms with van der Waals surface area (Å²) in [5, 5.41) is 0. The predicted molar refractivity (Wildman–Crippen MR) is 110 cm³/mol. The molecule has 0 radical (unpaired) electrons. The molecule has 0 aliphatic carbocycles. The summed E-state index contributed by atoms with van der Waals surface area (Å²) >= 11 is 0. The van der Waals surface area contributed by atoms with E-state index in [1.165, 1.54) is 4.90 Å². The van der Waals surface area contributed by atoms with Crippen LogP contribution in [0.3, 0.4) is 0 Å². The van der Waals surface area contributed by atoms with Gasteiger partial charge in [0, 0.05) is 37.3 Å². The van der Waals surface area contributed by atoms with Gasteiger partial charge in [-0.3, -0.25) is 19.2 Å². The maximum Gasteiger partial charge on any atom is 0.254 e. The number of carbonyl (C=O) groups is 4. The lowest BCUT2D eigenvalue weighted by Gasteiger charge is -2.30. The normalized spacial score (nSPS) is 23.8. The summed E-state index contributed by atoms with van der Waals surface area (Å²) in [6.07, 6.45) is 4.70. The first-order valence-corrected chi connectivity index (χ1v) is 10.8. The summed E-state index contributed by atoms with van der Waals surface area (Å²) in [6.45, 7) is 2.55. The van der Waals surface area contributed by atoms with Crippen molar-refractivity contribution in [2.75, 3.05) is 26.2 Å². The van der Waals surface area contributed by atoms with Crippen molar-refractivity contribution in [3.05, 3.63) is 35.4 Å². The molecule has 4 rings (SSSR count). The zero-order valence-electron chi connectivity index (χ0n) is 17.1. The van der Waals surface area contributed by atoms with Crippen LogP contribution >= 0.6 is 0 Å². The van der Waals surface area contributed by atoms with Crippen molar-refractivity contribution < 1.29 is 19.2 Å². The molecule has 3 aliphatic rings. The fourth-order valence-electron chi connectivity index (χ4n) is 4.81. The maximum absolute atomic E-state index is 13.1. The number of amides is 4. The third kappa shape index (κ3) is 3.78. The van der Waals surface area contributed by atoms with E-state index in [2.05, 4.69) is 0 Å². The molecule has 0 unspecified atom stereocenters. The van der Waals surface area contributed by atoms with Crippen molar-refractivity contribution >= 4 is 23.6 Å². The van der Waals surface area contributed by atoms with Gasteiger partial charge in [0.2, 0.25) is 11.8 Å². The zero-order chi connectivity index (χ0) is 21.3. The van der Waals surface area contributed by atoms with Gasteiger partial charge in [-0.05, 0) is 62.8 Å². The Morgan fingerprint density at radius 3 is 1.83 bits per heavy atom. The zero-order valence-corrected chi connectivity index (χ0v) is 17.1. The van der Waals surface area contributed by atoms with Crippen LogP contribution in [0.1, 0.15) is 59.2 Å². The smallest absolute Gasteiger partial charge is 0.254 e. The molecule has 3 saturated heterocycles. The van der Waals surface area contributed by atoms with E-state index < -0.39 is 18.0 Å². The topological polar surface area (TPSA) is 104 Å². The first-order chi connectivity index (χ1) is 14.5. The third-order valence-corrected chi connectivity index (χ3v) is 6.44. The van der Waals surface area contributed by atoms with E-state index in [1.54, 1.807) is 29.2 Å². The van der Waals surface area contributed by atoms with Gasteiger partial charge in [-0.2, -0.15) is 0 Å². The van der Waals surface area contributed by atoms with Gasteiger partial charge in [0.25, 0.3) is 11.8 Å². The van der Waals surface area contributed by atoms with Crippen molar-refractivity contribution in [2.45, 2.75) is 50.6 Å². The van der Waals surface area contributed by atoms with Crippen LogP contribution < -0.4 is 5.73 Å². The monoisotopic (exact) mass is 412 g/mol. The van der Waals surface area contributed by atoms with Crippen LogP contribution in [-0.2, 0) is 9.59 Å². The molecule has 0 spiro atoms. The molecule has 4 amide bonds. The van der Waals surface area contributed by atoms with Gasteiger partial charge in [0.1, 0.15) is 12.1 Å². The minimum Gasteiger partial charge on any atom is -0.368 e. The fourth-order valence-corrected chi connectivity index (χ4v) is 4.81. The number of likely N-dealkylation sites (tertiary alicyclic amines) is 3. The molecule has 2 N–H and O–H groups in total. The van der Waals surface area contributed by atoms with E-state index in [4.69, 9.17) is 5.73 Å². The number of carbonyl (C=O) groups excluding carboxylic acids is 4. The van der Waals surface area contributed by atoms with Crippen LogP contribution in [0.4, 0.5) is 0 Å². The van der Waals surface area contributed by atoms with Gasteiger partial charge in [0.15, 0.2) is 0 Å². The molecule has 160 valence electrons. The van der Waals surface area contributed by atoms with E-state index in [9.17, 15) is 19.2 Å². The summed E-state index contributed by atoms with van der Waals surface area (Å²) in [7, 11) is 0. The molecule has 1 aromatic carbocycles. The highest BCUT2D eigenvalue weighted by Gasteiger charge is 2.41. The lowest BCUT2D eigenvalue weighted by molar-refractivity contribution is -0.140. The second-order valence-electron chi connectivity index (χ2n) is 8.33. The van der Waals surface area contributed by atoms with E-state index >= 15 is 0 Å². The molecule has 3 heterocycles. The number of nitrogens with two attached hydrogens (primary N) is 1. The molecule has 1 aromatic rings. The highest BCUT2D eigenvalue weighted by molar-refractivity contribution is 6.00. The lowest BCUT2D eigenvalue weighted by atomic mass is 10.1. The highest BCUT2D eigenvalue weighted by Crippen LogP contribution is 2.26. The highest BCUT2D eigenvalue weighted by atomic mass is 16.2. The first kappa shape index (κ1) is 20.4. The maximum atomic E-state index is 13.1. The fraction of sp³-hybridized carbons (Fsp3) is 0.545. The largest absolute Gasteiger partial charge is 0.368 e. The van der Waals surface area contributed by atoms with Gasteiger partial charge in [-0.1, -0.05) is 0 Å². The molecule has 0 aromatic heterocycles. The van der Waals surface area contributed by atoms with Crippen molar-refractivity contribution in [3.63, 3.8) is 0 Å². The molecule has 2 atom stereocenters. The second-order valence-corrected chi connectivity index (χ2v) is 8.33. The van der Waals surface area contributed by atoms with Crippen LogP contribution in [-0.4, -0.2) is 76.6 Å². The number of hydrogen-bond donors (Lipinski definition) is 1. The molecule has 8 nitrogen and oxygen atoms in total. The molecular weight excluding hydrogens is 384 g/mol. The molecule has 3 aliphatic heterocycles. The molecule has 0 bridgehead atoms. The number of rotatable bonds is 4.